The molecule has 6 heteroatoms. The van der Waals surface area contributed by atoms with E-state index in [9.17, 15) is 4.79 Å². The average molecular weight is 447 g/mol. The number of hydrogen-bond donors (Lipinski definition) is 1. The highest BCUT2D eigenvalue weighted by molar-refractivity contribution is 8.00. The van der Waals surface area contributed by atoms with Gasteiger partial charge in [0.25, 0.3) is 0 Å². The molecule has 0 spiro atoms. The molecule has 0 aliphatic rings. The summed E-state index contributed by atoms with van der Waals surface area (Å²) in [5, 5.41) is 4.09. The molecule has 1 amide bonds. The summed E-state index contributed by atoms with van der Waals surface area (Å²) in [4.78, 5) is 13.7. The van der Waals surface area contributed by atoms with E-state index in [1.807, 2.05) is 12.1 Å². The van der Waals surface area contributed by atoms with Crippen LogP contribution in [0, 0.1) is 6.92 Å². The van der Waals surface area contributed by atoms with E-state index in [0.717, 1.165) is 22.3 Å². The van der Waals surface area contributed by atoms with Crippen LogP contribution in [0.2, 0.25) is 0 Å². The largest absolute Gasteiger partial charge is 0.497 e. The van der Waals surface area contributed by atoms with Crippen molar-refractivity contribution in [1.82, 2.24) is 4.57 Å². The monoisotopic (exact) mass is 446 g/mol. The lowest BCUT2D eigenvalue weighted by molar-refractivity contribution is -0.113. The first-order chi connectivity index (χ1) is 15.6. The van der Waals surface area contributed by atoms with E-state index in [4.69, 9.17) is 9.47 Å². The number of para-hydroxylation sites is 1. The number of carbonyl (C=O) groups excluding carboxylic acids is 1. The van der Waals surface area contributed by atoms with Gasteiger partial charge < -0.3 is 19.4 Å². The molecule has 0 aliphatic carbocycles. The topological polar surface area (TPSA) is 52.5 Å². The van der Waals surface area contributed by atoms with Crippen LogP contribution < -0.4 is 14.8 Å². The molecule has 0 saturated heterocycles. The third-order valence-electron chi connectivity index (χ3n) is 5.27. The Labute approximate surface area is 192 Å². The highest BCUT2D eigenvalue weighted by atomic mass is 32.2. The summed E-state index contributed by atoms with van der Waals surface area (Å²) in [6, 6.07) is 22.2. The summed E-state index contributed by atoms with van der Waals surface area (Å²) >= 11 is 1.53. The first-order valence-electron chi connectivity index (χ1n) is 10.4. The number of methoxy groups -OCH3 is 2. The molecule has 0 saturated carbocycles. The molecule has 32 heavy (non-hydrogen) atoms. The Kier molecular flexibility index (Phi) is 6.71. The fourth-order valence-corrected chi connectivity index (χ4v) is 4.47. The molecular formula is C26H26N2O3S. The quantitative estimate of drug-likeness (QED) is 0.350. The average Bonchev–Trinajstić information content (AvgIpc) is 3.17. The van der Waals surface area contributed by atoms with Gasteiger partial charge in [-0.25, -0.2) is 0 Å². The molecular weight excluding hydrogens is 420 g/mol. The molecule has 1 aromatic heterocycles. The van der Waals surface area contributed by atoms with E-state index in [0.29, 0.717) is 22.9 Å². The maximum atomic E-state index is 12.6. The molecule has 0 unspecified atom stereocenters. The van der Waals surface area contributed by atoms with Crippen LogP contribution in [0.5, 0.6) is 11.5 Å². The number of fused-ring (bicyclic) bond motifs is 1. The first kappa shape index (κ1) is 21.8. The SMILES string of the molecule is COc1ccc(NC(=O)CSc2cn(Cc3ccc(C)cc3)c3ccccc23)c(OC)c1. The van der Waals surface area contributed by atoms with Gasteiger partial charge in [-0.2, -0.15) is 0 Å². The number of ether oxygens (including phenoxy) is 2. The van der Waals surface area contributed by atoms with Crippen LogP contribution in [0.4, 0.5) is 5.69 Å². The minimum absolute atomic E-state index is 0.0890. The zero-order valence-electron chi connectivity index (χ0n) is 18.4. The van der Waals surface area contributed by atoms with Gasteiger partial charge >= 0.3 is 0 Å². The van der Waals surface area contributed by atoms with Gasteiger partial charge in [0.1, 0.15) is 11.5 Å². The maximum Gasteiger partial charge on any atom is 0.234 e. The van der Waals surface area contributed by atoms with Gasteiger partial charge in [-0.1, -0.05) is 48.0 Å². The van der Waals surface area contributed by atoms with Crippen LogP contribution >= 0.6 is 11.8 Å². The van der Waals surface area contributed by atoms with Gasteiger partial charge in [-0.15, -0.1) is 11.8 Å². The predicted octanol–water partition coefficient (Wildman–Crippen LogP) is 5.75. The standard InChI is InChI=1S/C26H26N2O3S/c1-18-8-10-19(11-9-18)15-28-16-25(21-6-4-5-7-23(21)28)32-17-26(29)27-22-13-12-20(30-2)14-24(22)31-3/h4-14,16H,15,17H2,1-3H3,(H,27,29). The van der Waals surface area contributed by atoms with Crippen LogP contribution in [0.15, 0.2) is 77.8 Å². The molecule has 164 valence electrons. The highest BCUT2D eigenvalue weighted by Gasteiger charge is 2.13. The Morgan fingerprint density at radius 1 is 1.00 bits per heavy atom. The van der Waals surface area contributed by atoms with Crippen LogP contribution in [0.1, 0.15) is 11.1 Å². The van der Waals surface area contributed by atoms with E-state index in [2.05, 4.69) is 59.4 Å². The Balaban J connectivity index is 1.48. The van der Waals surface area contributed by atoms with E-state index < -0.39 is 0 Å². The van der Waals surface area contributed by atoms with E-state index in [-0.39, 0.29) is 5.91 Å². The van der Waals surface area contributed by atoms with Gasteiger partial charge in [-0.05, 0) is 30.7 Å². The summed E-state index contributed by atoms with van der Waals surface area (Å²) in [5.41, 5.74) is 4.28. The van der Waals surface area contributed by atoms with Crippen molar-refractivity contribution in [2.24, 2.45) is 0 Å². The van der Waals surface area contributed by atoms with Crippen LogP contribution in [0.3, 0.4) is 0 Å². The zero-order valence-corrected chi connectivity index (χ0v) is 19.2. The normalized spacial score (nSPS) is 10.8. The predicted molar refractivity (Wildman–Crippen MR) is 131 cm³/mol. The van der Waals surface area contributed by atoms with Crippen molar-refractivity contribution in [3.63, 3.8) is 0 Å². The fraction of sp³-hybridized carbons (Fsp3) is 0.192. The van der Waals surface area contributed by atoms with Crippen LogP contribution in [0.25, 0.3) is 10.9 Å². The van der Waals surface area contributed by atoms with Crippen molar-refractivity contribution >= 4 is 34.3 Å². The maximum absolute atomic E-state index is 12.6. The fourth-order valence-electron chi connectivity index (χ4n) is 3.58. The number of aryl methyl sites for hydroxylation is 1. The van der Waals surface area contributed by atoms with Crippen LogP contribution in [-0.2, 0) is 11.3 Å². The number of aromatic nitrogens is 1. The Morgan fingerprint density at radius 2 is 1.78 bits per heavy atom. The summed E-state index contributed by atoms with van der Waals surface area (Å²) in [7, 11) is 3.17. The summed E-state index contributed by atoms with van der Waals surface area (Å²) in [6.45, 7) is 2.88. The Bertz CT molecular complexity index is 1230. The molecule has 0 radical (unpaired) electrons. The second kappa shape index (κ2) is 9.83. The number of nitrogens with one attached hydrogen (secondary N) is 1. The Morgan fingerprint density at radius 3 is 2.53 bits per heavy atom. The minimum atomic E-state index is -0.0890. The second-order valence-corrected chi connectivity index (χ2v) is 8.54. The molecule has 1 heterocycles. The first-order valence-corrected chi connectivity index (χ1v) is 11.3. The lowest BCUT2D eigenvalue weighted by atomic mass is 10.1. The zero-order chi connectivity index (χ0) is 22.5. The smallest absolute Gasteiger partial charge is 0.234 e. The number of thioether (sulfide) groups is 1. The number of nitrogens with zero attached hydrogens (tertiary/aromatic N) is 1. The number of anilines is 1. The van der Waals surface area contributed by atoms with Gasteiger partial charge in [0.15, 0.2) is 0 Å². The third-order valence-corrected chi connectivity index (χ3v) is 6.31. The lowest BCUT2D eigenvalue weighted by Gasteiger charge is -2.11. The number of carbonyl (C=O) groups is 1. The van der Waals surface area contributed by atoms with Crippen molar-refractivity contribution in [3.05, 3.63) is 84.1 Å². The molecule has 1 N–H and O–H groups in total. The number of rotatable bonds is 8. The molecule has 0 fully saturated rings. The molecule has 5 nitrogen and oxygen atoms in total. The Hall–Kier alpha value is -3.38. The minimum Gasteiger partial charge on any atom is -0.497 e. The summed E-state index contributed by atoms with van der Waals surface area (Å²) in [6.07, 6.45) is 2.14. The van der Waals surface area contributed by atoms with Crippen LogP contribution in [-0.4, -0.2) is 30.4 Å². The van der Waals surface area contributed by atoms with Crippen molar-refractivity contribution in [3.8, 4) is 11.5 Å². The molecule has 4 aromatic rings. The number of hydrogen-bond acceptors (Lipinski definition) is 4. The third kappa shape index (κ3) is 4.92. The van der Waals surface area contributed by atoms with Gasteiger partial charge in [0.05, 0.1) is 25.7 Å². The summed E-state index contributed by atoms with van der Waals surface area (Å²) in [5.74, 6) is 1.45. The van der Waals surface area contributed by atoms with Crippen molar-refractivity contribution < 1.29 is 14.3 Å². The molecule has 0 atom stereocenters. The van der Waals surface area contributed by atoms with Crippen molar-refractivity contribution in [2.75, 3.05) is 25.3 Å². The van der Waals surface area contributed by atoms with Crippen molar-refractivity contribution in [1.29, 1.82) is 0 Å². The number of benzene rings is 3. The van der Waals surface area contributed by atoms with Crippen molar-refractivity contribution in [2.45, 2.75) is 18.4 Å². The lowest BCUT2D eigenvalue weighted by Crippen LogP contribution is -2.14. The molecule has 0 aliphatic heterocycles. The second-order valence-electron chi connectivity index (χ2n) is 7.53. The highest BCUT2D eigenvalue weighted by Crippen LogP contribution is 2.32. The molecule has 3 aromatic carbocycles. The van der Waals surface area contributed by atoms with Gasteiger partial charge in [0.2, 0.25) is 5.91 Å². The van der Waals surface area contributed by atoms with E-state index >= 15 is 0 Å². The molecule has 0 bridgehead atoms. The van der Waals surface area contributed by atoms with Gasteiger partial charge in [0, 0.05) is 34.6 Å². The molecule has 4 rings (SSSR count). The van der Waals surface area contributed by atoms with E-state index in [1.165, 1.54) is 22.9 Å². The number of amides is 1. The van der Waals surface area contributed by atoms with E-state index in [1.54, 1.807) is 32.4 Å². The van der Waals surface area contributed by atoms with Gasteiger partial charge in [-0.3, -0.25) is 4.79 Å². The summed E-state index contributed by atoms with van der Waals surface area (Å²) < 4.78 is 12.8.